The fourth-order valence-electron chi connectivity index (χ4n) is 3.33. The number of anilines is 1. The average molecular weight is 441 g/mol. The maximum absolute atomic E-state index is 13.6. The molecule has 9 heteroatoms. The first-order valence-electron chi connectivity index (χ1n) is 9.23. The van der Waals surface area contributed by atoms with Crippen molar-refractivity contribution in [1.82, 2.24) is 5.32 Å². The molecule has 1 aliphatic heterocycles. The Bertz CT molecular complexity index is 923. The summed E-state index contributed by atoms with van der Waals surface area (Å²) in [4.78, 5) is 11.5. The van der Waals surface area contributed by atoms with E-state index in [-0.39, 0.29) is 43.0 Å². The summed E-state index contributed by atoms with van der Waals surface area (Å²) < 4.78 is 24.1. The van der Waals surface area contributed by atoms with Gasteiger partial charge in [-0.15, -0.1) is 12.4 Å². The minimum Gasteiger partial charge on any atom is -0.508 e. The Morgan fingerprint density at radius 1 is 1.33 bits per heavy atom. The van der Waals surface area contributed by atoms with Gasteiger partial charge in [0.2, 0.25) is 0 Å². The largest absolute Gasteiger partial charge is 0.508 e. The predicted molar refractivity (Wildman–Crippen MR) is 113 cm³/mol. The van der Waals surface area contributed by atoms with Crippen LogP contribution in [0.2, 0.25) is 0 Å². The van der Waals surface area contributed by atoms with Crippen molar-refractivity contribution in [3.63, 3.8) is 0 Å². The number of rotatable bonds is 7. The van der Waals surface area contributed by atoms with E-state index in [0.29, 0.717) is 23.4 Å². The van der Waals surface area contributed by atoms with Gasteiger partial charge in [0.05, 0.1) is 18.9 Å². The lowest BCUT2D eigenvalue weighted by Crippen LogP contribution is -2.43. The Kier molecular flexibility index (Phi) is 7.52. The fraction of sp³-hybridized carbons (Fsp3) is 0.381. The van der Waals surface area contributed by atoms with Crippen LogP contribution in [0.1, 0.15) is 31.1 Å². The highest BCUT2D eigenvalue weighted by atomic mass is 35.5. The summed E-state index contributed by atoms with van der Waals surface area (Å²) in [6.07, 6.45) is -0.408. The molecule has 1 aliphatic rings. The third-order valence-corrected chi connectivity index (χ3v) is 4.72. The van der Waals surface area contributed by atoms with Gasteiger partial charge in [-0.2, -0.15) is 0 Å². The smallest absolute Gasteiger partial charge is 0.262 e. The second kappa shape index (κ2) is 9.51. The Balaban J connectivity index is 0.00000320. The van der Waals surface area contributed by atoms with Crippen molar-refractivity contribution in [1.29, 1.82) is 0 Å². The maximum atomic E-state index is 13.6. The first kappa shape index (κ1) is 23.7. The summed E-state index contributed by atoms with van der Waals surface area (Å²) >= 11 is 0. The normalized spacial score (nSPS) is 14.1. The zero-order valence-corrected chi connectivity index (χ0v) is 17.8. The summed E-state index contributed by atoms with van der Waals surface area (Å²) in [5.41, 5.74) is 1.17. The number of amides is 1. The number of fused-ring (bicyclic) bond motifs is 1. The molecule has 0 saturated heterocycles. The summed E-state index contributed by atoms with van der Waals surface area (Å²) in [5, 5.41) is 26.5. The highest BCUT2D eigenvalue weighted by Gasteiger charge is 2.26. The molecular formula is C21H26ClFN2O5. The van der Waals surface area contributed by atoms with Crippen LogP contribution < -0.4 is 20.1 Å². The van der Waals surface area contributed by atoms with E-state index in [4.69, 9.17) is 9.47 Å². The van der Waals surface area contributed by atoms with Crippen molar-refractivity contribution < 1.29 is 28.9 Å². The van der Waals surface area contributed by atoms with Gasteiger partial charge >= 0.3 is 0 Å². The van der Waals surface area contributed by atoms with Crippen LogP contribution in [0.15, 0.2) is 30.3 Å². The Labute approximate surface area is 180 Å². The van der Waals surface area contributed by atoms with E-state index in [2.05, 4.69) is 10.6 Å². The molecule has 0 radical (unpaired) electrons. The van der Waals surface area contributed by atoms with Crippen molar-refractivity contribution in [3.05, 3.63) is 47.3 Å². The molecule has 0 aromatic heterocycles. The molecule has 3 rings (SSSR count). The Morgan fingerprint density at radius 2 is 2.07 bits per heavy atom. The molecule has 30 heavy (non-hydrogen) atoms. The number of aliphatic hydroxyl groups excluding tert-OH is 1. The second-order valence-corrected chi connectivity index (χ2v) is 7.67. The van der Waals surface area contributed by atoms with E-state index in [1.807, 2.05) is 13.8 Å². The number of carbonyl (C=O) groups is 1. The molecule has 1 amide bonds. The van der Waals surface area contributed by atoms with Gasteiger partial charge in [-0.25, -0.2) is 4.39 Å². The first-order chi connectivity index (χ1) is 13.7. The molecule has 1 heterocycles. The minimum atomic E-state index is -0.979. The van der Waals surface area contributed by atoms with Gasteiger partial charge in [-0.1, -0.05) is 6.07 Å². The SMILES string of the molecule is COc1cc(CC(C)(C)NCC(O)c2cc(O)cc3c2OCC(=O)N3)ccc1F.Cl. The van der Waals surface area contributed by atoms with Crippen LogP contribution >= 0.6 is 12.4 Å². The molecule has 4 N–H and O–H groups in total. The summed E-state index contributed by atoms with van der Waals surface area (Å²) in [5.74, 6) is -0.293. The highest BCUT2D eigenvalue weighted by Crippen LogP contribution is 2.38. The van der Waals surface area contributed by atoms with Crippen molar-refractivity contribution >= 4 is 24.0 Å². The number of hydrogen-bond donors (Lipinski definition) is 4. The van der Waals surface area contributed by atoms with Crippen LogP contribution in [0.3, 0.4) is 0 Å². The summed E-state index contributed by atoms with van der Waals surface area (Å²) in [6.45, 7) is 3.95. The molecule has 0 spiro atoms. The molecule has 2 aromatic carbocycles. The van der Waals surface area contributed by atoms with E-state index in [1.54, 1.807) is 12.1 Å². The first-order valence-corrected chi connectivity index (χ1v) is 9.23. The van der Waals surface area contributed by atoms with Gasteiger partial charge in [0.25, 0.3) is 5.91 Å². The Hall–Kier alpha value is -2.55. The predicted octanol–water partition coefficient (Wildman–Crippen LogP) is 2.94. The van der Waals surface area contributed by atoms with E-state index in [9.17, 15) is 19.4 Å². The lowest BCUT2D eigenvalue weighted by Gasteiger charge is -2.29. The lowest BCUT2D eigenvalue weighted by molar-refractivity contribution is -0.118. The highest BCUT2D eigenvalue weighted by molar-refractivity contribution is 5.96. The number of nitrogens with one attached hydrogen (secondary N) is 2. The van der Waals surface area contributed by atoms with Crippen LogP contribution in [0.5, 0.6) is 17.2 Å². The number of aromatic hydroxyl groups is 1. The molecule has 7 nitrogen and oxygen atoms in total. The Morgan fingerprint density at radius 3 is 2.77 bits per heavy atom. The van der Waals surface area contributed by atoms with Gasteiger partial charge in [0.1, 0.15) is 11.5 Å². The van der Waals surface area contributed by atoms with Crippen LogP contribution in [0.25, 0.3) is 0 Å². The fourth-order valence-corrected chi connectivity index (χ4v) is 3.33. The summed E-state index contributed by atoms with van der Waals surface area (Å²) in [6, 6.07) is 7.50. The summed E-state index contributed by atoms with van der Waals surface area (Å²) in [7, 11) is 1.42. The molecule has 164 valence electrons. The number of halogens is 2. The van der Waals surface area contributed by atoms with Crippen molar-refractivity contribution in [2.45, 2.75) is 31.9 Å². The number of benzene rings is 2. The molecule has 0 bridgehead atoms. The average Bonchev–Trinajstić information content (AvgIpc) is 2.66. The lowest BCUT2D eigenvalue weighted by atomic mass is 9.94. The van der Waals surface area contributed by atoms with Crippen molar-refractivity contribution in [2.75, 3.05) is 25.6 Å². The number of phenols is 1. The van der Waals surface area contributed by atoms with Gasteiger partial charge < -0.3 is 30.3 Å². The maximum Gasteiger partial charge on any atom is 0.262 e. The number of hydrogen-bond acceptors (Lipinski definition) is 6. The topological polar surface area (TPSA) is 100 Å². The van der Waals surface area contributed by atoms with Crippen molar-refractivity contribution in [3.8, 4) is 17.2 Å². The van der Waals surface area contributed by atoms with Gasteiger partial charge in [0, 0.05) is 23.7 Å². The molecule has 1 unspecified atom stereocenters. The number of aliphatic hydroxyl groups is 1. The molecule has 0 saturated carbocycles. The van der Waals surface area contributed by atoms with E-state index < -0.39 is 17.5 Å². The zero-order chi connectivity index (χ0) is 21.2. The van der Waals surface area contributed by atoms with Crippen LogP contribution in [-0.4, -0.2) is 41.9 Å². The molecule has 0 fully saturated rings. The molecule has 1 atom stereocenters. The third-order valence-electron chi connectivity index (χ3n) is 4.72. The standard InChI is InChI=1S/C21H25FN2O5.ClH/c1-21(2,9-12-4-5-15(22)18(6-12)28-3)23-10-17(26)14-7-13(25)8-16-20(14)29-11-19(27)24-16;/h4-8,17,23,25-26H,9-11H2,1-3H3,(H,24,27);1H. The zero-order valence-electron chi connectivity index (χ0n) is 17.0. The van der Waals surface area contributed by atoms with E-state index >= 15 is 0 Å². The van der Waals surface area contributed by atoms with Gasteiger partial charge in [0.15, 0.2) is 18.2 Å². The number of phenolic OH excluding ortho intramolecular Hbond substituents is 1. The van der Waals surface area contributed by atoms with Gasteiger partial charge in [-0.3, -0.25) is 4.79 Å². The third kappa shape index (κ3) is 5.53. The monoisotopic (exact) mass is 440 g/mol. The van der Waals surface area contributed by atoms with Crippen molar-refractivity contribution in [2.24, 2.45) is 0 Å². The second-order valence-electron chi connectivity index (χ2n) is 7.67. The van der Waals surface area contributed by atoms with E-state index in [0.717, 1.165) is 5.56 Å². The van der Waals surface area contributed by atoms with Crippen LogP contribution in [0, 0.1) is 5.82 Å². The van der Waals surface area contributed by atoms with E-state index in [1.165, 1.54) is 25.3 Å². The quantitative estimate of drug-likeness (QED) is 0.528. The molecule has 2 aromatic rings. The minimum absolute atomic E-state index is 0. The molecular weight excluding hydrogens is 415 g/mol. The molecule has 0 aliphatic carbocycles. The number of carbonyl (C=O) groups excluding carboxylic acids is 1. The van der Waals surface area contributed by atoms with Crippen LogP contribution in [-0.2, 0) is 11.2 Å². The van der Waals surface area contributed by atoms with Crippen LogP contribution in [0.4, 0.5) is 10.1 Å². The number of ether oxygens (including phenoxy) is 2. The number of β-amino-alcohol motifs (C(OH)–C–C–N with tert-alkyl or cyclic N) is 1. The van der Waals surface area contributed by atoms with Gasteiger partial charge in [-0.05, 0) is 44.0 Å². The number of methoxy groups -OCH3 is 1.